The molecule has 1 aliphatic carbocycles. The zero-order valence-electron chi connectivity index (χ0n) is 9.18. The molecule has 1 saturated carbocycles. The normalized spacial score (nSPS) is 32.9. The van der Waals surface area contributed by atoms with Crippen LogP contribution in [0.2, 0.25) is 0 Å². The molecule has 0 radical (unpaired) electrons. The first-order chi connectivity index (χ1) is 6.62. The van der Waals surface area contributed by atoms with Crippen molar-refractivity contribution < 1.29 is 9.90 Å². The summed E-state index contributed by atoms with van der Waals surface area (Å²) < 4.78 is 0. The maximum absolute atomic E-state index is 10.7. The smallest absolute Gasteiger partial charge is 0.305 e. The fourth-order valence-corrected chi connectivity index (χ4v) is 2.44. The molecule has 0 unspecified atom stereocenters. The van der Waals surface area contributed by atoms with Crippen molar-refractivity contribution in [3.05, 3.63) is 0 Å². The van der Waals surface area contributed by atoms with E-state index in [1.54, 1.807) is 0 Å². The molecule has 3 nitrogen and oxygen atoms in total. The maximum atomic E-state index is 10.7. The average Bonchev–Trinajstić information content (AvgIpc) is 2.18. The Morgan fingerprint density at radius 1 is 1.50 bits per heavy atom. The van der Waals surface area contributed by atoms with Crippen LogP contribution in [0.3, 0.4) is 0 Å². The van der Waals surface area contributed by atoms with Crippen LogP contribution in [-0.2, 0) is 4.79 Å². The maximum Gasteiger partial charge on any atom is 0.305 e. The van der Waals surface area contributed by atoms with Crippen LogP contribution in [0.25, 0.3) is 0 Å². The van der Waals surface area contributed by atoms with Crippen LogP contribution in [0, 0.1) is 5.92 Å². The number of carboxylic acid groups (broad SMARTS) is 1. The molecule has 0 saturated heterocycles. The van der Waals surface area contributed by atoms with E-state index in [-0.39, 0.29) is 12.0 Å². The number of carbonyl (C=O) groups is 1. The predicted octanol–water partition coefficient (Wildman–Crippen LogP) is 2.02. The predicted molar refractivity (Wildman–Crippen MR) is 56.3 cm³/mol. The summed E-state index contributed by atoms with van der Waals surface area (Å²) in [5.41, 5.74) is -0.127. The molecule has 0 amide bonds. The lowest BCUT2D eigenvalue weighted by Crippen LogP contribution is -2.47. The van der Waals surface area contributed by atoms with E-state index in [2.05, 4.69) is 12.2 Å². The van der Waals surface area contributed by atoms with Gasteiger partial charge in [0.1, 0.15) is 0 Å². The van der Waals surface area contributed by atoms with Gasteiger partial charge in [-0.25, -0.2) is 0 Å². The van der Waals surface area contributed by atoms with Crippen LogP contribution >= 0.6 is 0 Å². The molecule has 0 atom stereocenters. The molecule has 1 aliphatic rings. The van der Waals surface area contributed by atoms with Crippen LogP contribution in [0.15, 0.2) is 0 Å². The number of hydrogen-bond acceptors (Lipinski definition) is 2. The first-order valence-electron chi connectivity index (χ1n) is 5.52. The summed E-state index contributed by atoms with van der Waals surface area (Å²) in [6.45, 7) is 2.22. The standard InChI is InChI=1S/C11H21NO2/c1-3-9-4-6-11(12-2,7-5-9)8-10(13)14/h9,12H,3-8H2,1-2H3,(H,13,14). The molecule has 1 rings (SSSR count). The van der Waals surface area contributed by atoms with Crippen LogP contribution in [0.1, 0.15) is 45.4 Å². The molecular weight excluding hydrogens is 178 g/mol. The van der Waals surface area contributed by atoms with E-state index in [0.29, 0.717) is 0 Å². The molecule has 14 heavy (non-hydrogen) atoms. The van der Waals surface area contributed by atoms with Gasteiger partial charge in [-0.05, 0) is 38.6 Å². The van der Waals surface area contributed by atoms with E-state index in [9.17, 15) is 4.79 Å². The Bertz CT molecular complexity index is 195. The first-order valence-corrected chi connectivity index (χ1v) is 5.52. The molecule has 0 aromatic rings. The highest BCUT2D eigenvalue weighted by atomic mass is 16.4. The quantitative estimate of drug-likeness (QED) is 0.728. The largest absolute Gasteiger partial charge is 0.481 e. The average molecular weight is 199 g/mol. The minimum atomic E-state index is -0.686. The third kappa shape index (κ3) is 2.71. The lowest BCUT2D eigenvalue weighted by Gasteiger charge is -2.39. The van der Waals surface area contributed by atoms with E-state index in [1.807, 2.05) is 7.05 Å². The third-order valence-corrected chi connectivity index (χ3v) is 3.66. The lowest BCUT2D eigenvalue weighted by atomic mass is 9.74. The number of nitrogens with one attached hydrogen (secondary N) is 1. The molecule has 0 bridgehead atoms. The number of rotatable bonds is 4. The van der Waals surface area contributed by atoms with Gasteiger partial charge in [-0.2, -0.15) is 0 Å². The number of carboxylic acids is 1. The lowest BCUT2D eigenvalue weighted by molar-refractivity contribution is -0.139. The number of hydrogen-bond donors (Lipinski definition) is 2. The van der Waals surface area contributed by atoms with Crippen LogP contribution < -0.4 is 5.32 Å². The zero-order chi connectivity index (χ0) is 10.6. The first kappa shape index (κ1) is 11.5. The Labute approximate surface area is 85.9 Å². The molecule has 0 heterocycles. The zero-order valence-corrected chi connectivity index (χ0v) is 9.18. The van der Waals surface area contributed by atoms with Crippen molar-refractivity contribution in [2.24, 2.45) is 5.92 Å². The van der Waals surface area contributed by atoms with E-state index in [0.717, 1.165) is 18.8 Å². The van der Waals surface area contributed by atoms with Crippen molar-refractivity contribution in [2.45, 2.75) is 51.0 Å². The monoisotopic (exact) mass is 199 g/mol. The summed E-state index contributed by atoms with van der Waals surface area (Å²) >= 11 is 0. The number of aliphatic carboxylic acids is 1. The Hall–Kier alpha value is -0.570. The molecule has 0 aliphatic heterocycles. The Morgan fingerprint density at radius 2 is 2.07 bits per heavy atom. The highest BCUT2D eigenvalue weighted by molar-refractivity contribution is 5.68. The second kappa shape index (κ2) is 4.78. The van der Waals surface area contributed by atoms with E-state index in [4.69, 9.17) is 5.11 Å². The summed E-state index contributed by atoms with van der Waals surface area (Å²) in [5, 5.41) is 12.1. The Morgan fingerprint density at radius 3 is 2.43 bits per heavy atom. The van der Waals surface area contributed by atoms with Gasteiger partial charge in [0.15, 0.2) is 0 Å². The molecule has 0 aromatic heterocycles. The molecule has 3 heteroatoms. The van der Waals surface area contributed by atoms with E-state index >= 15 is 0 Å². The summed E-state index contributed by atoms with van der Waals surface area (Å²) in [4.78, 5) is 10.7. The van der Waals surface area contributed by atoms with Crippen molar-refractivity contribution in [3.8, 4) is 0 Å². The van der Waals surface area contributed by atoms with Gasteiger partial charge in [0.25, 0.3) is 0 Å². The highest BCUT2D eigenvalue weighted by Crippen LogP contribution is 2.35. The Balaban J connectivity index is 2.52. The van der Waals surface area contributed by atoms with Crippen LogP contribution in [-0.4, -0.2) is 23.7 Å². The molecular formula is C11H21NO2. The van der Waals surface area contributed by atoms with E-state index < -0.39 is 5.97 Å². The third-order valence-electron chi connectivity index (χ3n) is 3.66. The van der Waals surface area contributed by atoms with Gasteiger partial charge >= 0.3 is 5.97 Å². The van der Waals surface area contributed by atoms with Gasteiger partial charge in [0.05, 0.1) is 6.42 Å². The van der Waals surface area contributed by atoms with Crippen LogP contribution in [0.5, 0.6) is 0 Å². The van der Waals surface area contributed by atoms with E-state index in [1.165, 1.54) is 19.3 Å². The summed E-state index contributed by atoms with van der Waals surface area (Å²) in [5.74, 6) is 0.125. The molecule has 0 spiro atoms. The van der Waals surface area contributed by atoms with Gasteiger partial charge in [0.2, 0.25) is 0 Å². The highest BCUT2D eigenvalue weighted by Gasteiger charge is 2.35. The van der Waals surface area contributed by atoms with Crippen molar-refractivity contribution in [3.63, 3.8) is 0 Å². The van der Waals surface area contributed by atoms with Crippen molar-refractivity contribution >= 4 is 5.97 Å². The molecule has 2 N–H and O–H groups in total. The minimum Gasteiger partial charge on any atom is -0.481 e. The van der Waals surface area contributed by atoms with Crippen LogP contribution in [0.4, 0.5) is 0 Å². The SMILES string of the molecule is CCC1CCC(CC(=O)O)(NC)CC1. The fraction of sp³-hybridized carbons (Fsp3) is 0.909. The van der Waals surface area contributed by atoms with Crippen molar-refractivity contribution in [1.82, 2.24) is 5.32 Å². The van der Waals surface area contributed by atoms with Gasteiger partial charge < -0.3 is 10.4 Å². The molecule has 82 valence electrons. The molecule has 1 fully saturated rings. The fourth-order valence-electron chi connectivity index (χ4n) is 2.44. The van der Waals surface area contributed by atoms with Crippen molar-refractivity contribution in [2.75, 3.05) is 7.05 Å². The summed E-state index contributed by atoms with van der Waals surface area (Å²) in [7, 11) is 1.88. The second-order valence-electron chi connectivity index (χ2n) is 4.45. The topological polar surface area (TPSA) is 49.3 Å². The van der Waals surface area contributed by atoms with Gasteiger partial charge in [0, 0.05) is 5.54 Å². The second-order valence-corrected chi connectivity index (χ2v) is 4.45. The Kier molecular flexibility index (Phi) is 3.93. The van der Waals surface area contributed by atoms with Gasteiger partial charge in [-0.3, -0.25) is 4.79 Å². The van der Waals surface area contributed by atoms with Crippen molar-refractivity contribution in [1.29, 1.82) is 0 Å². The summed E-state index contributed by atoms with van der Waals surface area (Å²) in [6, 6.07) is 0. The summed E-state index contributed by atoms with van der Waals surface area (Å²) in [6.07, 6.45) is 5.85. The van der Waals surface area contributed by atoms with Gasteiger partial charge in [-0.15, -0.1) is 0 Å². The van der Waals surface area contributed by atoms with Gasteiger partial charge in [-0.1, -0.05) is 13.3 Å². The molecule has 0 aromatic carbocycles. The minimum absolute atomic E-state index is 0.127.